The van der Waals surface area contributed by atoms with E-state index in [2.05, 4.69) is 0 Å². The van der Waals surface area contributed by atoms with Crippen LogP contribution in [0.4, 0.5) is 0 Å². The third-order valence-corrected chi connectivity index (χ3v) is 2.30. The summed E-state index contributed by atoms with van der Waals surface area (Å²) >= 11 is 0. The number of hydrogen-bond acceptors (Lipinski definition) is 3. The van der Waals surface area contributed by atoms with Crippen molar-refractivity contribution in [3.63, 3.8) is 0 Å². The van der Waals surface area contributed by atoms with E-state index < -0.39 is 5.91 Å². The zero-order valence-corrected chi connectivity index (χ0v) is 7.53. The van der Waals surface area contributed by atoms with Crippen LogP contribution in [0.1, 0.15) is 19.3 Å². The molecule has 0 aliphatic carbocycles. The van der Waals surface area contributed by atoms with Crippen molar-refractivity contribution in [3.05, 3.63) is 0 Å². The lowest BCUT2D eigenvalue weighted by Gasteiger charge is -2.32. The molecular formula is C8H15N3O2. The zero-order chi connectivity index (χ0) is 9.84. The van der Waals surface area contributed by atoms with Gasteiger partial charge < -0.3 is 11.5 Å². The number of hydrogen-bond donors (Lipinski definition) is 2. The standard InChI is InChI=1S/C8H15N3O2/c9-7(12)5-11-4-2-1-3-6(11)8(10)13/h6H,1-5H2,(H2,9,12)(H2,10,13). The second kappa shape index (κ2) is 4.23. The summed E-state index contributed by atoms with van der Waals surface area (Å²) < 4.78 is 0. The van der Waals surface area contributed by atoms with E-state index in [1.807, 2.05) is 0 Å². The van der Waals surface area contributed by atoms with Gasteiger partial charge in [-0.15, -0.1) is 0 Å². The van der Waals surface area contributed by atoms with Crippen molar-refractivity contribution in [1.82, 2.24) is 4.90 Å². The lowest BCUT2D eigenvalue weighted by atomic mass is 10.0. The minimum atomic E-state index is -0.409. The lowest BCUT2D eigenvalue weighted by Crippen LogP contribution is -2.50. The molecule has 0 aromatic heterocycles. The van der Waals surface area contributed by atoms with E-state index >= 15 is 0 Å². The Hall–Kier alpha value is -1.10. The van der Waals surface area contributed by atoms with Crippen LogP contribution in [0.2, 0.25) is 0 Å². The molecule has 1 aliphatic heterocycles. The number of amides is 2. The molecule has 1 fully saturated rings. The topological polar surface area (TPSA) is 89.4 Å². The van der Waals surface area contributed by atoms with E-state index in [1.54, 1.807) is 4.90 Å². The first-order chi connectivity index (χ1) is 6.11. The van der Waals surface area contributed by atoms with E-state index in [9.17, 15) is 9.59 Å². The number of nitrogens with two attached hydrogens (primary N) is 2. The van der Waals surface area contributed by atoms with E-state index in [0.29, 0.717) is 0 Å². The Kier molecular flexibility index (Phi) is 3.25. The second-order valence-electron chi connectivity index (χ2n) is 3.35. The molecule has 4 N–H and O–H groups in total. The zero-order valence-electron chi connectivity index (χ0n) is 7.53. The average molecular weight is 185 g/mol. The molecule has 0 saturated carbocycles. The molecule has 0 aromatic rings. The van der Waals surface area contributed by atoms with E-state index in [-0.39, 0.29) is 18.5 Å². The number of likely N-dealkylation sites (tertiary alicyclic amines) is 1. The molecule has 0 aromatic carbocycles. The summed E-state index contributed by atoms with van der Waals surface area (Å²) in [5.74, 6) is -0.769. The van der Waals surface area contributed by atoms with Gasteiger partial charge in [-0.3, -0.25) is 14.5 Å². The summed E-state index contributed by atoms with van der Waals surface area (Å²) in [6.07, 6.45) is 2.72. The van der Waals surface area contributed by atoms with Gasteiger partial charge in [0.05, 0.1) is 12.6 Å². The third-order valence-electron chi connectivity index (χ3n) is 2.30. The van der Waals surface area contributed by atoms with Crippen molar-refractivity contribution in [2.24, 2.45) is 11.5 Å². The number of piperidine rings is 1. The summed E-state index contributed by atoms with van der Waals surface area (Å²) in [5, 5.41) is 0. The SMILES string of the molecule is NC(=O)CN1CCCCC1C(N)=O. The van der Waals surface area contributed by atoms with Crippen LogP contribution in [0.25, 0.3) is 0 Å². The van der Waals surface area contributed by atoms with Crippen molar-refractivity contribution in [1.29, 1.82) is 0 Å². The fourth-order valence-electron chi connectivity index (χ4n) is 1.70. The van der Waals surface area contributed by atoms with Crippen molar-refractivity contribution in [2.75, 3.05) is 13.1 Å². The van der Waals surface area contributed by atoms with Crippen molar-refractivity contribution < 1.29 is 9.59 Å². The fraction of sp³-hybridized carbons (Fsp3) is 0.750. The molecule has 5 nitrogen and oxygen atoms in total. The summed E-state index contributed by atoms with van der Waals surface area (Å²) in [7, 11) is 0. The third kappa shape index (κ3) is 2.69. The lowest BCUT2D eigenvalue weighted by molar-refractivity contribution is -0.126. The van der Waals surface area contributed by atoms with Gasteiger partial charge in [0.25, 0.3) is 0 Å². The first-order valence-corrected chi connectivity index (χ1v) is 4.43. The highest BCUT2D eigenvalue weighted by Crippen LogP contribution is 2.15. The molecule has 2 amide bonds. The number of primary amides is 2. The van der Waals surface area contributed by atoms with Crippen LogP contribution in [0.5, 0.6) is 0 Å². The summed E-state index contributed by atoms with van der Waals surface area (Å²) in [6, 6.07) is -0.304. The maximum Gasteiger partial charge on any atom is 0.234 e. The van der Waals surface area contributed by atoms with Crippen LogP contribution < -0.4 is 11.5 Å². The maximum atomic E-state index is 11.0. The van der Waals surface area contributed by atoms with E-state index in [1.165, 1.54) is 0 Å². The minimum absolute atomic E-state index is 0.133. The van der Waals surface area contributed by atoms with Gasteiger partial charge in [0, 0.05) is 0 Å². The molecule has 5 heteroatoms. The molecule has 0 bridgehead atoms. The fourth-order valence-corrected chi connectivity index (χ4v) is 1.70. The number of nitrogens with zero attached hydrogens (tertiary/aromatic N) is 1. The monoisotopic (exact) mass is 185 g/mol. The van der Waals surface area contributed by atoms with Crippen LogP contribution in [0.3, 0.4) is 0 Å². The normalized spacial score (nSPS) is 24.2. The molecule has 0 spiro atoms. The minimum Gasteiger partial charge on any atom is -0.369 e. The van der Waals surface area contributed by atoms with Gasteiger partial charge in [0.1, 0.15) is 0 Å². The first-order valence-electron chi connectivity index (χ1n) is 4.43. The molecule has 0 radical (unpaired) electrons. The van der Waals surface area contributed by atoms with Crippen molar-refractivity contribution >= 4 is 11.8 Å². The van der Waals surface area contributed by atoms with Crippen molar-refractivity contribution in [3.8, 4) is 0 Å². The number of carbonyl (C=O) groups excluding carboxylic acids is 2. The van der Waals surface area contributed by atoms with E-state index in [0.717, 1.165) is 25.8 Å². The van der Waals surface area contributed by atoms with Gasteiger partial charge in [0.2, 0.25) is 11.8 Å². The Labute approximate surface area is 77.1 Å². The van der Waals surface area contributed by atoms with Crippen LogP contribution >= 0.6 is 0 Å². The van der Waals surface area contributed by atoms with Crippen LogP contribution in [0, 0.1) is 0 Å². The van der Waals surface area contributed by atoms with Gasteiger partial charge in [-0.25, -0.2) is 0 Å². The Morgan fingerprint density at radius 1 is 1.31 bits per heavy atom. The predicted molar refractivity (Wildman–Crippen MR) is 47.6 cm³/mol. The highest BCUT2D eigenvalue weighted by Gasteiger charge is 2.27. The molecule has 1 aliphatic rings. The number of carbonyl (C=O) groups is 2. The van der Waals surface area contributed by atoms with Gasteiger partial charge in [-0.05, 0) is 19.4 Å². The van der Waals surface area contributed by atoms with E-state index in [4.69, 9.17) is 11.5 Å². The highest BCUT2D eigenvalue weighted by molar-refractivity contribution is 5.81. The highest BCUT2D eigenvalue weighted by atomic mass is 16.2. The largest absolute Gasteiger partial charge is 0.369 e. The molecule has 13 heavy (non-hydrogen) atoms. The quantitative estimate of drug-likeness (QED) is 0.579. The van der Waals surface area contributed by atoms with Gasteiger partial charge in [-0.1, -0.05) is 6.42 Å². The summed E-state index contributed by atoms with van der Waals surface area (Å²) in [6.45, 7) is 0.865. The Morgan fingerprint density at radius 3 is 2.54 bits per heavy atom. The Bertz CT molecular complexity index is 217. The summed E-state index contributed by atoms with van der Waals surface area (Å²) in [5.41, 5.74) is 10.3. The van der Waals surface area contributed by atoms with Crippen LogP contribution in [-0.4, -0.2) is 35.8 Å². The maximum absolute atomic E-state index is 11.0. The molecule has 1 unspecified atom stereocenters. The Balaban J connectivity index is 2.56. The van der Waals surface area contributed by atoms with Gasteiger partial charge >= 0.3 is 0 Å². The van der Waals surface area contributed by atoms with Gasteiger partial charge in [0.15, 0.2) is 0 Å². The van der Waals surface area contributed by atoms with Gasteiger partial charge in [-0.2, -0.15) is 0 Å². The van der Waals surface area contributed by atoms with Crippen LogP contribution in [-0.2, 0) is 9.59 Å². The smallest absolute Gasteiger partial charge is 0.234 e. The molecular weight excluding hydrogens is 170 g/mol. The van der Waals surface area contributed by atoms with Crippen LogP contribution in [0.15, 0.2) is 0 Å². The Morgan fingerprint density at radius 2 is 2.00 bits per heavy atom. The molecule has 1 rings (SSSR count). The first kappa shape index (κ1) is 9.98. The summed E-state index contributed by atoms with van der Waals surface area (Å²) in [4.78, 5) is 23.4. The second-order valence-corrected chi connectivity index (χ2v) is 3.35. The van der Waals surface area contributed by atoms with Crippen molar-refractivity contribution in [2.45, 2.75) is 25.3 Å². The molecule has 1 atom stereocenters. The molecule has 1 saturated heterocycles. The molecule has 1 heterocycles. The average Bonchev–Trinajstić information content (AvgIpc) is 2.03. The predicted octanol–water partition coefficient (Wildman–Crippen LogP) is -1.19. The molecule has 74 valence electrons. The number of rotatable bonds is 3.